The van der Waals surface area contributed by atoms with Crippen LogP contribution in [0.4, 0.5) is 10.1 Å². The molecular formula is C16H19FN2O. The number of hydrogen-bond acceptors (Lipinski definition) is 3. The van der Waals surface area contributed by atoms with Crippen LogP contribution in [0.25, 0.3) is 0 Å². The van der Waals surface area contributed by atoms with Gasteiger partial charge in [0.15, 0.2) is 0 Å². The van der Waals surface area contributed by atoms with Crippen molar-refractivity contribution >= 4 is 5.69 Å². The van der Waals surface area contributed by atoms with Gasteiger partial charge in [-0.1, -0.05) is 6.07 Å². The van der Waals surface area contributed by atoms with Crippen molar-refractivity contribution in [2.24, 2.45) is 0 Å². The Balaban J connectivity index is 1.93. The van der Waals surface area contributed by atoms with Crippen molar-refractivity contribution in [3.05, 3.63) is 53.7 Å². The molecule has 20 heavy (non-hydrogen) atoms. The van der Waals surface area contributed by atoms with Crippen LogP contribution in [0.1, 0.15) is 24.2 Å². The fourth-order valence-electron chi connectivity index (χ4n) is 2.54. The molecule has 1 saturated carbocycles. The Morgan fingerprint density at radius 3 is 2.80 bits per heavy atom. The molecule has 3 nitrogen and oxygen atoms in total. The van der Waals surface area contributed by atoms with Crippen LogP contribution >= 0.6 is 0 Å². The average molecular weight is 274 g/mol. The molecule has 1 heterocycles. The van der Waals surface area contributed by atoms with Crippen molar-refractivity contribution in [1.29, 1.82) is 0 Å². The van der Waals surface area contributed by atoms with Crippen LogP contribution in [0.2, 0.25) is 0 Å². The van der Waals surface area contributed by atoms with E-state index in [1.165, 1.54) is 6.07 Å². The van der Waals surface area contributed by atoms with Crippen LogP contribution in [0.3, 0.4) is 0 Å². The molecule has 1 fully saturated rings. The van der Waals surface area contributed by atoms with Gasteiger partial charge in [-0.15, -0.1) is 0 Å². The summed E-state index contributed by atoms with van der Waals surface area (Å²) in [5.74, 6) is 0.763. The second-order valence-electron chi connectivity index (χ2n) is 5.21. The molecule has 0 unspecified atom stereocenters. The molecule has 0 saturated heterocycles. The molecule has 1 N–H and O–H groups in total. The average Bonchev–Trinajstić information content (AvgIpc) is 3.16. The Labute approximate surface area is 118 Å². The molecule has 0 spiro atoms. The summed E-state index contributed by atoms with van der Waals surface area (Å²) in [6.45, 7) is 1.22. The lowest BCUT2D eigenvalue weighted by Crippen LogP contribution is -2.27. The number of nitrogens with zero attached hydrogens (tertiary/aromatic N) is 1. The summed E-state index contributed by atoms with van der Waals surface area (Å²) in [7, 11) is 1.84. The molecule has 1 aromatic carbocycles. The maximum atomic E-state index is 14.1. The highest BCUT2D eigenvalue weighted by molar-refractivity contribution is 5.56. The largest absolute Gasteiger partial charge is 0.467 e. The number of benzene rings is 1. The van der Waals surface area contributed by atoms with Gasteiger partial charge in [0, 0.05) is 23.8 Å². The van der Waals surface area contributed by atoms with Crippen molar-refractivity contribution in [2.75, 3.05) is 11.9 Å². The fraction of sp³-hybridized carbons (Fsp3) is 0.375. The van der Waals surface area contributed by atoms with Gasteiger partial charge in [0.1, 0.15) is 11.6 Å². The van der Waals surface area contributed by atoms with E-state index < -0.39 is 0 Å². The Morgan fingerprint density at radius 2 is 2.15 bits per heavy atom. The van der Waals surface area contributed by atoms with Gasteiger partial charge in [0.2, 0.25) is 0 Å². The summed E-state index contributed by atoms with van der Waals surface area (Å²) in [6, 6.07) is 9.65. The van der Waals surface area contributed by atoms with E-state index in [9.17, 15) is 4.39 Å². The third-order valence-corrected chi connectivity index (χ3v) is 3.65. The first kappa shape index (κ1) is 13.2. The first-order valence-electron chi connectivity index (χ1n) is 7.00. The maximum Gasteiger partial charge on any atom is 0.129 e. The zero-order chi connectivity index (χ0) is 13.9. The van der Waals surface area contributed by atoms with E-state index in [2.05, 4.69) is 10.2 Å². The fourth-order valence-corrected chi connectivity index (χ4v) is 2.54. The number of rotatable bonds is 6. The Morgan fingerprint density at radius 1 is 1.30 bits per heavy atom. The monoisotopic (exact) mass is 274 g/mol. The number of nitrogens with one attached hydrogen (secondary N) is 1. The lowest BCUT2D eigenvalue weighted by molar-refractivity contribution is 0.500. The summed E-state index contributed by atoms with van der Waals surface area (Å²) in [4.78, 5) is 2.26. The number of furan rings is 1. The van der Waals surface area contributed by atoms with Gasteiger partial charge in [0.25, 0.3) is 0 Å². The summed E-state index contributed by atoms with van der Waals surface area (Å²) < 4.78 is 19.5. The van der Waals surface area contributed by atoms with Crippen molar-refractivity contribution in [1.82, 2.24) is 5.32 Å². The standard InChI is InChI=1S/C16H19FN2O/c1-18-10-14-15(17)5-2-6-16(14)19(12-7-8-12)11-13-4-3-9-20-13/h2-6,9,12,18H,7-8,10-11H2,1H3. The molecule has 0 aliphatic heterocycles. The minimum atomic E-state index is -0.151. The number of hydrogen-bond donors (Lipinski definition) is 1. The van der Waals surface area contributed by atoms with Crippen LogP contribution in [-0.2, 0) is 13.1 Å². The molecule has 0 amide bonds. The minimum Gasteiger partial charge on any atom is -0.467 e. The first-order valence-corrected chi connectivity index (χ1v) is 7.00. The molecule has 1 aliphatic rings. The number of anilines is 1. The molecule has 3 rings (SSSR count). The predicted octanol–water partition coefficient (Wildman–Crippen LogP) is 3.31. The second kappa shape index (κ2) is 5.67. The van der Waals surface area contributed by atoms with Crippen molar-refractivity contribution in [3.63, 3.8) is 0 Å². The zero-order valence-electron chi connectivity index (χ0n) is 11.6. The summed E-state index contributed by atoms with van der Waals surface area (Å²) in [5.41, 5.74) is 1.70. The normalized spacial score (nSPS) is 14.5. The van der Waals surface area contributed by atoms with Crippen LogP contribution in [-0.4, -0.2) is 13.1 Å². The smallest absolute Gasteiger partial charge is 0.129 e. The van der Waals surface area contributed by atoms with E-state index in [-0.39, 0.29) is 5.82 Å². The molecule has 0 bridgehead atoms. The van der Waals surface area contributed by atoms with Crippen molar-refractivity contribution < 1.29 is 8.81 Å². The lowest BCUT2D eigenvalue weighted by Gasteiger charge is -2.26. The quantitative estimate of drug-likeness (QED) is 0.876. The highest BCUT2D eigenvalue weighted by atomic mass is 19.1. The Hall–Kier alpha value is -1.81. The van der Waals surface area contributed by atoms with Crippen molar-refractivity contribution in [2.45, 2.75) is 32.0 Å². The molecule has 2 aromatic rings. The molecule has 4 heteroatoms. The van der Waals surface area contributed by atoms with Gasteiger partial charge in [-0.25, -0.2) is 4.39 Å². The molecule has 1 aliphatic carbocycles. The van der Waals surface area contributed by atoms with Gasteiger partial charge in [-0.3, -0.25) is 0 Å². The van der Waals surface area contributed by atoms with E-state index in [4.69, 9.17) is 4.42 Å². The molecule has 1 aromatic heterocycles. The summed E-state index contributed by atoms with van der Waals surface area (Å²) >= 11 is 0. The topological polar surface area (TPSA) is 28.4 Å². The minimum absolute atomic E-state index is 0.151. The van der Waals surface area contributed by atoms with E-state index in [1.807, 2.05) is 25.2 Å². The predicted molar refractivity (Wildman–Crippen MR) is 77.1 cm³/mol. The summed E-state index contributed by atoms with van der Waals surface area (Å²) in [5, 5.41) is 3.05. The third kappa shape index (κ3) is 2.70. The van der Waals surface area contributed by atoms with E-state index in [1.54, 1.807) is 12.3 Å². The van der Waals surface area contributed by atoms with E-state index in [0.29, 0.717) is 19.1 Å². The van der Waals surface area contributed by atoms with Gasteiger partial charge in [-0.2, -0.15) is 0 Å². The maximum absolute atomic E-state index is 14.1. The molecule has 0 atom stereocenters. The van der Waals surface area contributed by atoms with Crippen LogP contribution < -0.4 is 10.2 Å². The second-order valence-corrected chi connectivity index (χ2v) is 5.21. The van der Waals surface area contributed by atoms with Crippen LogP contribution in [0.5, 0.6) is 0 Å². The SMILES string of the molecule is CNCc1c(F)cccc1N(Cc1ccco1)C1CC1. The first-order chi connectivity index (χ1) is 9.79. The van der Waals surface area contributed by atoms with Crippen molar-refractivity contribution in [3.8, 4) is 0 Å². The third-order valence-electron chi connectivity index (χ3n) is 3.65. The molecular weight excluding hydrogens is 255 g/mol. The van der Waals surface area contributed by atoms with Gasteiger partial charge in [0.05, 0.1) is 12.8 Å². The van der Waals surface area contributed by atoms with Crippen LogP contribution in [0, 0.1) is 5.82 Å². The highest BCUT2D eigenvalue weighted by Gasteiger charge is 2.31. The number of halogens is 1. The van der Waals surface area contributed by atoms with Gasteiger partial charge < -0.3 is 14.6 Å². The zero-order valence-corrected chi connectivity index (χ0v) is 11.6. The highest BCUT2D eigenvalue weighted by Crippen LogP contribution is 2.35. The van der Waals surface area contributed by atoms with Gasteiger partial charge >= 0.3 is 0 Å². The Bertz CT molecular complexity index is 564. The molecule has 106 valence electrons. The van der Waals surface area contributed by atoms with Gasteiger partial charge in [-0.05, 0) is 44.2 Å². The van der Waals surface area contributed by atoms with E-state index in [0.717, 1.165) is 29.9 Å². The van der Waals surface area contributed by atoms with Crippen LogP contribution in [0.15, 0.2) is 41.0 Å². The lowest BCUT2D eigenvalue weighted by atomic mass is 10.1. The molecule has 0 radical (unpaired) electrons. The van der Waals surface area contributed by atoms with E-state index >= 15 is 0 Å². The Kier molecular flexibility index (Phi) is 3.74. The summed E-state index contributed by atoms with van der Waals surface area (Å²) in [6.07, 6.45) is 4.01.